The van der Waals surface area contributed by atoms with Crippen LogP contribution in [0.1, 0.15) is 33.6 Å². The first-order chi connectivity index (χ1) is 9.21. The van der Waals surface area contributed by atoms with Crippen molar-refractivity contribution in [3.8, 4) is 0 Å². The van der Waals surface area contributed by atoms with Crippen molar-refractivity contribution >= 4 is 15.7 Å². The maximum absolute atomic E-state index is 12.5. The molecule has 0 saturated carbocycles. The second-order valence-corrected chi connectivity index (χ2v) is 8.55. The van der Waals surface area contributed by atoms with Crippen LogP contribution in [0.2, 0.25) is 0 Å². The molecule has 1 aromatic rings. The largest absolute Gasteiger partial charge is 0.399 e. The number of rotatable bonds is 2. The summed E-state index contributed by atoms with van der Waals surface area (Å²) in [6.45, 7) is 7.88. The van der Waals surface area contributed by atoms with E-state index in [0.717, 1.165) is 12.8 Å². The predicted octanol–water partition coefficient (Wildman–Crippen LogP) is 2.72. The Morgan fingerprint density at radius 3 is 2.05 bits per heavy atom. The molecule has 0 aliphatic carbocycles. The van der Waals surface area contributed by atoms with Crippen LogP contribution in [0.3, 0.4) is 0 Å². The van der Waals surface area contributed by atoms with Crippen LogP contribution in [0.5, 0.6) is 0 Å². The number of hydrogen-bond acceptors (Lipinski definition) is 3. The molecule has 20 heavy (non-hydrogen) atoms. The third-order valence-corrected chi connectivity index (χ3v) is 6.11. The van der Waals surface area contributed by atoms with Gasteiger partial charge in [-0.15, -0.1) is 0 Å². The van der Waals surface area contributed by atoms with E-state index in [2.05, 4.69) is 20.8 Å². The average Bonchev–Trinajstić information content (AvgIpc) is 2.38. The van der Waals surface area contributed by atoms with Crippen LogP contribution in [-0.2, 0) is 10.0 Å². The van der Waals surface area contributed by atoms with E-state index in [1.807, 2.05) is 0 Å². The molecule has 0 aromatic heterocycles. The maximum atomic E-state index is 12.5. The van der Waals surface area contributed by atoms with Crippen molar-refractivity contribution in [2.45, 2.75) is 38.5 Å². The Hall–Kier alpha value is -1.07. The fourth-order valence-corrected chi connectivity index (χ4v) is 4.22. The lowest BCUT2D eigenvalue weighted by Gasteiger charge is -2.38. The molecule has 1 aliphatic heterocycles. The minimum atomic E-state index is -3.37. The van der Waals surface area contributed by atoms with Gasteiger partial charge in [-0.2, -0.15) is 4.31 Å². The Morgan fingerprint density at radius 1 is 1.10 bits per heavy atom. The molecule has 0 amide bonds. The molecule has 4 nitrogen and oxygen atoms in total. The van der Waals surface area contributed by atoms with E-state index in [0.29, 0.717) is 29.6 Å². The minimum absolute atomic E-state index is 0.247. The quantitative estimate of drug-likeness (QED) is 0.853. The number of anilines is 1. The van der Waals surface area contributed by atoms with Crippen molar-refractivity contribution in [1.82, 2.24) is 4.31 Å². The lowest BCUT2D eigenvalue weighted by atomic mass is 9.76. The van der Waals surface area contributed by atoms with E-state index in [9.17, 15) is 8.42 Å². The normalized spacial score (nSPS) is 19.1. The lowest BCUT2D eigenvalue weighted by Crippen LogP contribution is -2.41. The van der Waals surface area contributed by atoms with Gasteiger partial charge in [-0.05, 0) is 48.4 Å². The van der Waals surface area contributed by atoms with Gasteiger partial charge in [0.2, 0.25) is 10.0 Å². The summed E-state index contributed by atoms with van der Waals surface area (Å²) in [5, 5.41) is 0. The highest BCUT2D eigenvalue weighted by molar-refractivity contribution is 7.89. The molecule has 1 heterocycles. The summed E-state index contributed by atoms with van der Waals surface area (Å²) in [7, 11) is -3.37. The second-order valence-electron chi connectivity index (χ2n) is 6.61. The van der Waals surface area contributed by atoms with Gasteiger partial charge >= 0.3 is 0 Å². The summed E-state index contributed by atoms with van der Waals surface area (Å²) >= 11 is 0. The molecule has 2 N–H and O–H groups in total. The van der Waals surface area contributed by atoms with Gasteiger partial charge in [0.05, 0.1) is 4.90 Å². The molecule has 0 atom stereocenters. The molecule has 1 saturated heterocycles. The highest BCUT2D eigenvalue weighted by Gasteiger charge is 2.33. The van der Waals surface area contributed by atoms with Gasteiger partial charge in [-0.1, -0.05) is 20.8 Å². The number of hydrogen-bond donors (Lipinski definition) is 1. The molecule has 2 rings (SSSR count). The number of nitrogens with two attached hydrogens (primary N) is 1. The van der Waals surface area contributed by atoms with Crippen molar-refractivity contribution < 1.29 is 8.42 Å². The monoisotopic (exact) mass is 296 g/mol. The average molecular weight is 296 g/mol. The minimum Gasteiger partial charge on any atom is -0.399 e. The van der Waals surface area contributed by atoms with Crippen molar-refractivity contribution in [1.29, 1.82) is 0 Å². The molecule has 5 heteroatoms. The van der Waals surface area contributed by atoms with Gasteiger partial charge in [0, 0.05) is 18.8 Å². The van der Waals surface area contributed by atoms with Crippen molar-refractivity contribution in [2.24, 2.45) is 11.3 Å². The summed E-state index contributed by atoms with van der Waals surface area (Å²) in [5.74, 6) is 0.584. The Kier molecular flexibility index (Phi) is 4.12. The molecule has 1 aromatic carbocycles. The van der Waals surface area contributed by atoms with Crippen molar-refractivity contribution in [3.05, 3.63) is 24.3 Å². The van der Waals surface area contributed by atoms with Gasteiger partial charge in [0.1, 0.15) is 0 Å². The topological polar surface area (TPSA) is 63.4 Å². The van der Waals surface area contributed by atoms with Crippen molar-refractivity contribution in [3.63, 3.8) is 0 Å². The Morgan fingerprint density at radius 2 is 1.60 bits per heavy atom. The Bertz CT molecular complexity index is 551. The van der Waals surface area contributed by atoms with Crippen molar-refractivity contribution in [2.75, 3.05) is 18.8 Å². The van der Waals surface area contributed by atoms with E-state index in [-0.39, 0.29) is 5.41 Å². The third-order valence-electron chi connectivity index (χ3n) is 4.20. The number of sulfonamides is 1. The SMILES string of the molecule is CC(C)(C)C1CCN(S(=O)(=O)c2ccc(N)cc2)CC1. The van der Waals surface area contributed by atoms with Gasteiger partial charge in [-0.25, -0.2) is 8.42 Å². The van der Waals surface area contributed by atoms with E-state index >= 15 is 0 Å². The first-order valence-electron chi connectivity index (χ1n) is 7.07. The van der Waals surface area contributed by atoms with Crippen LogP contribution in [0.15, 0.2) is 29.2 Å². The Balaban J connectivity index is 2.11. The first kappa shape index (κ1) is 15.3. The molecule has 112 valence electrons. The summed E-state index contributed by atoms with van der Waals surface area (Å²) in [4.78, 5) is 0.334. The molecule has 1 aliphatic rings. The zero-order valence-corrected chi connectivity index (χ0v) is 13.3. The van der Waals surface area contributed by atoms with Crippen LogP contribution >= 0.6 is 0 Å². The summed E-state index contributed by atoms with van der Waals surface area (Å²) in [5.41, 5.74) is 6.43. The molecular weight excluding hydrogens is 272 g/mol. The molecule has 0 spiro atoms. The van der Waals surface area contributed by atoms with E-state index in [1.54, 1.807) is 28.6 Å². The molecule has 0 radical (unpaired) electrons. The fraction of sp³-hybridized carbons (Fsp3) is 0.600. The number of piperidine rings is 1. The highest BCUT2D eigenvalue weighted by Crippen LogP contribution is 2.35. The number of nitrogen functional groups attached to an aromatic ring is 1. The first-order valence-corrected chi connectivity index (χ1v) is 8.51. The maximum Gasteiger partial charge on any atom is 0.243 e. The molecular formula is C15H24N2O2S. The van der Waals surface area contributed by atoms with E-state index < -0.39 is 10.0 Å². The summed E-state index contributed by atoms with van der Waals surface area (Å²) in [6.07, 6.45) is 1.86. The highest BCUT2D eigenvalue weighted by atomic mass is 32.2. The number of nitrogens with zero attached hydrogens (tertiary/aromatic N) is 1. The zero-order chi connectivity index (χ0) is 15.0. The smallest absolute Gasteiger partial charge is 0.243 e. The number of benzene rings is 1. The zero-order valence-electron chi connectivity index (χ0n) is 12.5. The second kappa shape index (κ2) is 5.37. The van der Waals surface area contributed by atoms with Crippen LogP contribution in [0, 0.1) is 11.3 Å². The summed E-state index contributed by atoms with van der Waals surface area (Å²) in [6, 6.07) is 6.44. The van der Waals surface area contributed by atoms with Gasteiger partial charge in [0.15, 0.2) is 0 Å². The van der Waals surface area contributed by atoms with Crippen LogP contribution < -0.4 is 5.73 Å². The summed E-state index contributed by atoms with van der Waals surface area (Å²) < 4.78 is 26.7. The standard InChI is InChI=1S/C15H24N2O2S/c1-15(2,3)12-8-10-17(11-9-12)20(18,19)14-6-4-13(16)5-7-14/h4-7,12H,8-11,16H2,1-3H3. The van der Waals surface area contributed by atoms with E-state index in [4.69, 9.17) is 5.73 Å². The van der Waals surface area contributed by atoms with Gasteiger partial charge in [-0.3, -0.25) is 0 Å². The van der Waals surface area contributed by atoms with Crippen LogP contribution in [0.4, 0.5) is 5.69 Å². The molecule has 0 bridgehead atoms. The lowest BCUT2D eigenvalue weighted by molar-refractivity contribution is 0.154. The predicted molar refractivity (Wildman–Crippen MR) is 81.8 cm³/mol. The Labute approximate surface area is 122 Å². The van der Waals surface area contributed by atoms with Gasteiger partial charge < -0.3 is 5.73 Å². The van der Waals surface area contributed by atoms with E-state index in [1.165, 1.54) is 0 Å². The third kappa shape index (κ3) is 3.15. The van der Waals surface area contributed by atoms with Crippen LogP contribution in [0.25, 0.3) is 0 Å². The van der Waals surface area contributed by atoms with Gasteiger partial charge in [0.25, 0.3) is 0 Å². The molecule has 0 unspecified atom stereocenters. The van der Waals surface area contributed by atoms with Crippen LogP contribution in [-0.4, -0.2) is 25.8 Å². The fourth-order valence-electron chi connectivity index (χ4n) is 2.75. The molecule has 1 fully saturated rings.